The predicted molar refractivity (Wildman–Crippen MR) is 101 cm³/mol. The minimum atomic E-state index is -0.235. The third kappa shape index (κ3) is 4.38. The van der Waals surface area contributed by atoms with E-state index in [2.05, 4.69) is 21.7 Å². The molecule has 5 nitrogen and oxygen atoms in total. The maximum absolute atomic E-state index is 12.4. The van der Waals surface area contributed by atoms with Gasteiger partial charge in [-0.25, -0.2) is 0 Å². The number of anilines is 2. The van der Waals surface area contributed by atoms with Crippen LogP contribution < -0.4 is 10.6 Å². The van der Waals surface area contributed by atoms with Crippen molar-refractivity contribution >= 4 is 28.9 Å². The molecule has 3 aromatic rings. The van der Waals surface area contributed by atoms with Crippen LogP contribution in [0.4, 0.5) is 11.4 Å². The number of benzene rings is 2. The molecule has 0 aliphatic rings. The van der Waals surface area contributed by atoms with Crippen LogP contribution in [0.15, 0.2) is 67.0 Å². The molecule has 1 aromatic heterocycles. The Kier molecular flexibility index (Phi) is 5.47. The fourth-order valence-corrected chi connectivity index (χ4v) is 2.55. The predicted octanol–water partition coefficient (Wildman–Crippen LogP) is 4.28. The summed E-state index contributed by atoms with van der Waals surface area (Å²) in [4.78, 5) is 16.5. The largest absolute Gasteiger partial charge is 0.354 e. The summed E-state index contributed by atoms with van der Waals surface area (Å²) in [5, 5.41) is 15.4. The number of amides is 1. The number of carbonyl (C=O) groups is 1. The average molecular weight is 363 g/mol. The highest BCUT2D eigenvalue weighted by Crippen LogP contribution is 2.18. The van der Waals surface area contributed by atoms with Crippen LogP contribution in [0.5, 0.6) is 0 Å². The number of rotatable bonds is 5. The van der Waals surface area contributed by atoms with E-state index in [4.69, 9.17) is 16.9 Å². The lowest BCUT2D eigenvalue weighted by molar-refractivity contribution is 0.0950. The molecular weight excluding hydrogens is 348 g/mol. The molecule has 26 heavy (non-hydrogen) atoms. The maximum Gasteiger partial charge on any atom is 0.253 e. The van der Waals surface area contributed by atoms with Gasteiger partial charge in [0, 0.05) is 23.5 Å². The highest BCUT2D eigenvalue weighted by Gasteiger charge is 2.08. The molecule has 1 heterocycles. The topological polar surface area (TPSA) is 77.8 Å². The lowest BCUT2D eigenvalue weighted by Gasteiger charge is -2.09. The van der Waals surface area contributed by atoms with Crippen molar-refractivity contribution < 1.29 is 4.79 Å². The first-order valence-electron chi connectivity index (χ1n) is 7.89. The Morgan fingerprint density at radius 1 is 1.08 bits per heavy atom. The van der Waals surface area contributed by atoms with E-state index in [1.54, 1.807) is 42.6 Å². The lowest BCUT2D eigenvalue weighted by Crippen LogP contribution is -2.23. The summed E-state index contributed by atoms with van der Waals surface area (Å²) in [6.07, 6.45) is 3.13. The van der Waals surface area contributed by atoms with E-state index in [1.807, 2.05) is 18.2 Å². The van der Waals surface area contributed by atoms with Crippen LogP contribution in [0.1, 0.15) is 21.5 Å². The van der Waals surface area contributed by atoms with Crippen molar-refractivity contribution in [2.24, 2.45) is 0 Å². The second-order valence-corrected chi connectivity index (χ2v) is 5.96. The molecule has 0 bridgehead atoms. The second-order valence-electron chi connectivity index (χ2n) is 5.55. The zero-order valence-corrected chi connectivity index (χ0v) is 14.5. The fraction of sp³-hybridized carbons (Fsp3) is 0.0500. The van der Waals surface area contributed by atoms with E-state index < -0.39 is 0 Å². The molecule has 0 saturated heterocycles. The first-order valence-corrected chi connectivity index (χ1v) is 8.27. The van der Waals surface area contributed by atoms with Crippen molar-refractivity contribution in [3.63, 3.8) is 0 Å². The smallest absolute Gasteiger partial charge is 0.253 e. The Balaban J connectivity index is 1.67. The van der Waals surface area contributed by atoms with Crippen molar-refractivity contribution in [1.82, 2.24) is 10.3 Å². The van der Waals surface area contributed by atoms with Crippen LogP contribution >= 0.6 is 11.6 Å². The molecular formula is C20H15ClN4O. The van der Waals surface area contributed by atoms with Gasteiger partial charge in [0.1, 0.15) is 0 Å². The van der Waals surface area contributed by atoms with Gasteiger partial charge in [0.05, 0.1) is 29.1 Å². The molecule has 128 valence electrons. The zero-order valence-electron chi connectivity index (χ0n) is 13.7. The van der Waals surface area contributed by atoms with Gasteiger partial charge in [-0.3, -0.25) is 9.78 Å². The normalized spacial score (nSPS) is 10.0. The molecule has 2 aromatic carbocycles. The molecule has 0 atom stereocenters. The van der Waals surface area contributed by atoms with Gasteiger partial charge in [-0.05, 0) is 42.0 Å². The van der Waals surface area contributed by atoms with Gasteiger partial charge < -0.3 is 10.6 Å². The standard InChI is InChI=1S/C20H15ClN4O/c21-19-4-2-1-3-15(19)12-24-20(26)16-9-18(13-23-11-16)25-17-7-5-14(10-22)6-8-17/h1-9,11,13,25H,12H2,(H,24,26). The summed E-state index contributed by atoms with van der Waals surface area (Å²) < 4.78 is 0. The zero-order chi connectivity index (χ0) is 18.4. The number of nitrogens with zero attached hydrogens (tertiary/aromatic N) is 2. The van der Waals surface area contributed by atoms with E-state index in [-0.39, 0.29) is 5.91 Å². The summed E-state index contributed by atoms with van der Waals surface area (Å²) in [7, 11) is 0. The van der Waals surface area contributed by atoms with Gasteiger partial charge >= 0.3 is 0 Å². The van der Waals surface area contributed by atoms with Crippen molar-refractivity contribution in [3.8, 4) is 6.07 Å². The van der Waals surface area contributed by atoms with Gasteiger partial charge in [0.25, 0.3) is 5.91 Å². The van der Waals surface area contributed by atoms with Crippen molar-refractivity contribution in [3.05, 3.63) is 88.7 Å². The van der Waals surface area contributed by atoms with Crippen molar-refractivity contribution in [2.75, 3.05) is 5.32 Å². The number of hydrogen-bond donors (Lipinski definition) is 2. The van der Waals surface area contributed by atoms with Gasteiger partial charge in [-0.15, -0.1) is 0 Å². The Labute approximate surface area is 156 Å². The maximum atomic E-state index is 12.4. The van der Waals surface area contributed by atoms with Crippen LogP contribution in [0.25, 0.3) is 0 Å². The third-order valence-electron chi connectivity index (χ3n) is 3.70. The summed E-state index contributed by atoms with van der Waals surface area (Å²) in [6, 6.07) is 18.2. The number of hydrogen-bond acceptors (Lipinski definition) is 4. The minimum absolute atomic E-state index is 0.235. The molecule has 0 unspecified atom stereocenters. The number of pyridine rings is 1. The number of aromatic nitrogens is 1. The van der Waals surface area contributed by atoms with E-state index in [0.29, 0.717) is 28.4 Å². The molecule has 0 radical (unpaired) electrons. The Morgan fingerprint density at radius 2 is 1.85 bits per heavy atom. The van der Waals surface area contributed by atoms with Gasteiger partial charge in [0.2, 0.25) is 0 Å². The Bertz CT molecular complexity index is 964. The molecule has 0 aliphatic carbocycles. The Morgan fingerprint density at radius 3 is 2.58 bits per heavy atom. The van der Waals surface area contributed by atoms with Crippen LogP contribution in [0, 0.1) is 11.3 Å². The van der Waals surface area contributed by atoms with Crippen LogP contribution in [-0.2, 0) is 6.54 Å². The monoisotopic (exact) mass is 362 g/mol. The van der Waals surface area contributed by atoms with Gasteiger partial charge in [-0.2, -0.15) is 5.26 Å². The molecule has 2 N–H and O–H groups in total. The number of carbonyl (C=O) groups excluding carboxylic acids is 1. The fourth-order valence-electron chi connectivity index (χ4n) is 2.35. The van der Waals surface area contributed by atoms with E-state index in [1.165, 1.54) is 6.20 Å². The average Bonchev–Trinajstić information content (AvgIpc) is 2.68. The van der Waals surface area contributed by atoms with Gasteiger partial charge in [0.15, 0.2) is 0 Å². The summed E-state index contributed by atoms with van der Waals surface area (Å²) in [6.45, 7) is 0.339. The number of nitrogens with one attached hydrogen (secondary N) is 2. The molecule has 3 rings (SSSR count). The van der Waals surface area contributed by atoms with Crippen molar-refractivity contribution in [2.45, 2.75) is 6.54 Å². The van der Waals surface area contributed by atoms with Gasteiger partial charge in [-0.1, -0.05) is 29.8 Å². The first kappa shape index (κ1) is 17.5. The third-order valence-corrected chi connectivity index (χ3v) is 4.07. The molecule has 0 saturated carbocycles. The summed E-state index contributed by atoms with van der Waals surface area (Å²) in [5.41, 5.74) is 3.36. The quantitative estimate of drug-likeness (QED) is 0.710. The SMILES string of the molecule is N#Cc1ccc(Nc2cncc(C(=O)NCc3ccccc3Cl)c2)cc1. The molecule has 0 spiro atoms. The number of nitriles is 1. The molecule has 0 fully saturated rings. The summed E-state index contributed by atoms with van der Waals surface area (Å²) in [5.74, 6) is -0.235. The Hall–Kier alpha value is -3.36. The van der Waals surface area contributed by atoms with Crippen LogP contribution in [0.3, 0.4) is 0 Å². The highest BCUT2D eigenvalue weighted by atomic mass is 35.5. The van der Waals surface area contributed by atoms with E-state index in [0.717, 1.165) is 11.3 Å². The number of halogens is 1. The van der Waals surface area contributed by atoms with E-state index in [9.17, 15) is 4.79 Å². The van der Waals surface area contributed by atoms with Crippen LogP contribution in [-0.4, -0.2) is 10.9 Å². The molecule has 1 amide bonds. The van der Waals surface area contributed by atoms with Crippen molar-refractivity contribution in [1.29, 1.82) is 5.26 Å². The van der Waals surface area contributed by atoms with Crippen LogP contribution in [0.2, 0.25) is 5.02 Å². The first-order chi connectivity index (χ1) is 12.7. The molecule has 0 aliphatic heterocycles. The second kappa shape index (κ2) is 8.15. The minimum Gasteiger partial charge on any atom is -0.354 e. The highest BCUT2D eigenvalue weighted by molar-refractivity contribution is 6.31. The van der Waals surface area contributed by atoms with E-state index >= 15 is 0 Å². The lowest BCUT2D eigenvalue weighted by atomic mass is 10.2. The summed E-state index contributed by atoms with van der Waals surface area (Å²) >= 11 is 6.10. The molecule has 6 heteroatoms.